The molecular formula is C12H30O2SSi2. The molecule has 0 fully saturated rings. The molecule has 0 aliphatic heterocycles. The van der Waals surface area contributed by atoms with Crippen molar-refractivity contribution in [3.8, 4) is 0 Å². The van der Waals surface area contributed by atoms with Crippen molar-refractivity contribution in [1.82, 2.24) is 0 Å². The van der Waals surface area contributed by atoms with Gasteiger partial charge in [0.25, 0.3) is 0 Å². The van der Waals surface area contributed by atoms with Gasteiger partial charge in [0.2, 0.25) is 0 Å². The SMILES string of the molecule is C=CCO[Si](C)(C)C.C=CCO[Si](C)(C)C.S. The standard InChI is InChI=1S/2C6H14OSi.H2S/c2*1-5-6-7-8(2,3)4;/h2*5H,1,6H2,2-4H3;1H2. The Balaban J connectivity index is -0.000000218. The molecule has 0 heterocycles. The lowest BCUT2D eigenvalue weighted by Crippen LogP contribution is -2.25. The van der Waals surface area contributed by atoms with Gasteiger partial charge in [-0.25, -0.2) is 0 Å². The lowest BCUT2D eigenvalue weighted by Gasteiger charge is -2.14. The van der Waals surface area contributed by atoms with Gasteiger partial charge in [-0.1, -0.05) is 12.2 Å². The van der Waals surface area contributed by atoms with Crippen LogP contribution in [0.2, 0.25) is 39.3 Å². The second kappa shape index (κ2) is 11.3. The van der Waals surface area contributed by atoms with Gasteiger partial charge in [0.15, 0.2) is 16.6 Å². The highest BCUT2D eigenvalue weighted by Crippen LogP contribution is 2.01. The van der Waals surface area contributed by atoms with Crippen molar-refractivity contribution in [1.29, 1.82) is 0 Å². The van der Waals surface area contributed by atoms with Crippen molar-refractivity contribution in [3.05, 3.63) is 25.3 Å². The Morgan fingerprint density at radius 3 is 1.06 bits per heavy atom. The predicted molar refractivity (Wildman–Crippen MR) is 89.4 cm³/mol. The number of hydrogen-bond donors (Lipinski definition) is 0. The molecule has 0 aromatic rings. The van der Waals surface area contributed by atoms with E-state index in [1.165, 1.54) is 0 Å². The summed E-state index contributed by atoms with van der Waals surface area (Å²) < 4.78 is 10.8. The molecule has 0 aliphatic carbocycles. The quantitative estimate of drug-likeness (QED) is 0.541. The van der Waals surface area contributed by atoms with E-state index >= 15 is 0 Å². The van der Waals surface area contributed by atoms with Crippen LogP contribution in [-0.2, 0) is 8.85 Å². The summed E-state index contributed by atoms with van der Waals surface area (Å²) in [6.45, 7) is 21.5. The van der Waals surface area contributed by atoms with E-state index in [9.17, 15) is 0 Å². The van der Waals surface area contributed by atoms with E-state index in [4.69, 9.17) is 8.85 Å². The van der Waals surface area contributed by atoms with Gasteiger partial charge in [0.1, 0.15) is 0 Å². The van der Waals surface area contributed by atoms with Gasteiger partial charge in [-0.05, 0) is 39.3 Å². The van der Waals surface area contributed by atoms with Crippen molar-refractivity contribution in [2.45, 2.75) is 39.3 Å². The summed E-state index contributed by atoms with van der Waals surface area (Å²) in [6.07, 6.45) is 3.58. The van der Waals surface area contributed by atoms with E-state index in [1.807, 2.05) is 0 Å². The third-order valence-corrected chi connectivity index (χ3v) is 3.33. The molecule has 5 heteroatoms. The Hall–Kier alpha value is 0.184. The van der Waals surface area contributed by atoms with Crippen LogP contribution in [0.25, 0.3) is 0 Å². The second-order valence-corrected chi connectivity index (χ2v) is 14.5. The van der Waals surface area contributed by atoms with Gasteiger partial charge in [-0.3, -0.25) is 0 Å². The summed E-state index contributed by atoms with van der Waals surface area (Å²) >= 11 is 0. The maximum atomic E-state index is 5.40. The van der Waals surface area contributed by atoms with Crippen molar-refractivity contribution in [2.24, 2.45) is 0 Å². The molecule has 0 aliphatic rings. The van der Waals surface area contributed by atoms with Crippen LogP contribution in [0.3, 0.4) is 0 Å². The molecule has 0 rings (SSSR count). The van der Waals surface area contributed by atoms with E-state index in [2.05, 4.69) is 52.4 Å². The predicted octanol–water partition coefficient (Wildman–Crippen LogP) is 4.16. The summed E-state index contributed by atoms with van der Waals surface area (Å²) in [4.78, 5) is 0. The van der Waals surface area contributed by atoms with E-state index in [-0.39, 0.29) is 13.5 Å². The lowest BCUT2D eigenvalue weighted by atomic mass is 10.7. The Labute approximate surface area is 117 Å². The molecule has 104 valence electrons. The first-order chi connectivity index (χ1) is 7.12. The molecule has 0 aromatic carbocycles. The normalized spacial score (nSPS) is 10.7. The van der Waals surface area contributed by atoms with Crippen molar-refractivity contribution in [2.75, 3.05) is 13.2 Å². The third-order valence-electron chi connectivity index (χ3n) is 1.27. The highest BCUT2D eigenvalue weighted by Gasteiger charge is 2.12. The van der Waals surface area contributed by atoms with Crippen LogP contribution >= 0.6 is 13.5 Å². The summed E-state index contributed by atoms with van der Waals surface area (Å²) in [5.41, 5.74) is 0. The van der Waals surface area contributed by atoms with Crippen LogP contribution in [0.5, 0.6) is 0 Å². The summed E-state index contributed by atoms with van der Waals surface area (Å²) in [7, 11) is -2.50. The van der Waals surface area contributed by atoms with Crippen molar-refractivity contribution < 1.29 is 8.85 Å². The molecule has 17 heavy (non-hydrogen) atoms. The molecule has 0 unspecified atom stereocenters. The number of hydrogen-bond acceptors (Lipinski definition) is 2. The zero-order valence-electron chi connectivity index (χ0n) is 12.3. The van der Waals surface area contributed by atoms with Gasteiger partial charge < -0.3 is 8.85 Å². The Bertz CT molecular complexity index is 174. The topological polar surface area (TPSA) is 18.5 Å². The molecule has 0 N–H and O–H groups in total. The second-order valence-electron chi connectivity index (χ2n) is 5.42. The zero-order valence-corrected chi connectivity index (χ0v) is 15.3. The van der Waals surface area contributed by atoms with E-state index < -0.39 is 16.6 Å². The Morgan fingerprint density at radius 2 is 1.00 bits per heavy atom. The molecule has 0 radical (unpaired) electrons. The van der Waals surface area contributed by atoms with E-state index in [1.54, 1.807) is 12.2 Å². The highest BCUT2D eigenvalue weighted by atomic mass is 32.1. The first-order valence-electron chi connectivity index (χ1n) is 5.62. The number of rotatable bonds is 6. The molecule has 0 aromatic heterocycles. The molecule has 0 saturated carbocycles. The van der Waals surface area contributed by atoms with Crippen LogP contribution in [0, 0.1) is 0 Å². The van der Waals surface area contributed by atoms with Gasteiger partial charge in [-0.2, -0.15) is 13.5 Å². The minimum Gasteiger partial charge on any atom is -0.414 e. The fourth-order valence-corrected chi connectivity index (χ4v) is 1.85. The monoisotopic (exact) mass is 294 g/mol. The molecule has 0 bridgehead atoms. The van der Waals surface area contributed by atoms with Gasteiger partial charge in [-0.15, -0.1) is 13.2 Å². The summed E-state index contributed by atoms with van der Waals surface area (Å²) in [5.74, 6) is 0. The van der Waals surface area contributed by atoms with Crippen LogP contribution in [-0.4, -0.2) is 29.8 Å². The maximum absolute atomic E-state index is 5.40. The lowest BCUT2D eigenvalue weighted by molar-refractivity contribution is 0.357. The maximum Gasteiger partial charge on any atom is 0.184 e. The summed E-state index contributed by atoms with van der Waals surface area (Å²) in [6, 6.07) is 0. The molecule has 2 nitrogen and oxygen atoms in total. The van der Waals surface area contributed by atoms with Crippen molar-refractivity contribution in [3.63, 3.8) is 0 Å². The van der Waals surface area contributed by atoms with Gasteiger partial charge >= 0.3 is 0 Å². The van der Waals surface area contributed by atoms with Crippen molar-refractivity contribution >= 4 is 30.1 Å². The molecular weight excluding hydrogens is 264 g/mol. The van der Waals surface area contributed by atoms with E-state index in [0.717, 1.165) is 0 Å². The van der Waals surface area contributed by atoms with Crippen LogP contribution < -0.4 is 0 Å². The van der Waals surface area contributed by atoms with Crippen LogP contribution in [0.4, 0.5) is 0 Å². The van der Waals surface area contributed by atoms with Crippen LogP contribution in [0.15, 0.2) is 25.3 Å². The molecule has 0 atom stereocenters. The first-order valence-corrected chi connectivity index (χ1v) is 12.4. The van der Waals surface area contributed by atoms with E-state index in [0.29, 0.717) is 13.2 Å². The summed E-state index contributed by atoms with van der Waals surface area (Å²) in [5, 5.41) is 0. The van der Waals surface area contributed by atoms with Gasteiger partial charge in [0, 0.05) is 0 Å². The van der Waals surface area contributed by atoms with Gasteiger partial charge in [0.05, 0.1) is 13.2 Å². The largest absolute Gasteiger partial charge is 0.414 e. The first kappa shape index (κ1) is 22.4. The fourth-order valence-electron chi connectivity index (χ4n) is 0.618. The smallest absolute Gasteiger partial charge is 0.184 e. The molecule has 0 spiro atoms. The Kier molecular flexibility index (Phi) is 14.8. The fraction of sp³-hybridized carbons (Fsp3) is 0.667. The Morgan fingerprint density at radius 1 is 0.765 bits per heavy atom. The molecule has 0 amide bonds. The minimum atomic E-state index is -1.25. The average Bonchev–Trinajstić information content (AvgIpc) is 2.10. The zero-order chi connectivity index (χ0) is 13.2. The average molecular weight is 295 g/mol. The van der Waals surface area contributed by atoms with Crippen LogP contribution in [0.1, 0.15) is 0 Å². The highest BCUT2D eigenvalue weighted by molar-refractivity contribution is 7.59. The molecule has 0 saturated heterocycles. The minimum absolute atomic E-state index is 0. The third kappa shape index (κ3) is 31.4.